The largest absolute Gasteiger partial charge is 0.344 e. The Morgan fingerprint density at radius 3 is 2.75 bits per heavy atom. The Kier molecular flexibility index (Phi) is 2.40. The zero-order valence-corrected chi connectivity index (χ0v) is 8.42. The molecule has 2 aliphatic rings. The fourth-order valence-corrected chi connectivity index (χ4v) is 3.21. The Labute approximate surface area is 75.9 Å². The van der Waals surface area contributed by atoms with Crippen LogP contribution in [0.3, 0.4) is 0 Å². The van der Waals surface area contributed by atoms with E-state index in [0.717, 1.165) is 23.8 Å². The van der Waals surface area contributed by atoms with E-state index in [1.807, 2.05) is 0 Å². The van der Waals surface area contributed by atoms with Crippen molar-refractivity contribution in [3.05, 3.63) is 0 Å². The van der Waals surface area contributed by atoms with Gasteiger partial charge in [0.2, 0.25) is 0 Å². The molecule has 0 bridgehead atoms. The summed E-state index contributed by atoms with van der Waals surface area (Å²) in [5.41, 5.74) is 0. The van der Waals surface area contributed by atoms with Crippen LogP contribution in [0.2, 0.25) is 0 Å². The van der Waals surface area contributed by atoms with E-state index >= 15 is 0 Å². The number of fused-ring (bicyclic) bond motifs is 1. The second kappa shape index (κ2) is 3.37. The average molecular weight is 168 g/mol. The number of quaternary nitrogens is 1. The fraction of sp³-hybridized carbons (Fsp3) is 1.00. The van der Waals surface area contributed by atoms with Gasteiger partial charge in [-0.1, -0.05) is 13.8 Å². The molecule has 2 rings (SSSR count). The molecular formula is C11H22N+. The number of hydrogen-bond acceptors (Lipinski definition) is 0. The van der Waals surface area contributed by atoms with Crippen LogP contribution in [0, 0.1) is 17.8 Å². The van der Waals surface area contributed by atoms with E-state index in [1.165, 1.54) is 32.2 Å². The summed E-state index contributed by atoms with van der Waals surface area (Å²) in [7, 11) is 0. The molecule has 0 amide bonds. The van der Waals surface area contributed by atoms with Crippen molar-refractivity contribution < 1.29 is 5.32 Å². The monoisotopic (exact) mass is 168 g/mol. The van der Waals surface area contributed by atoms with Crippen molar-refractivity contribution in [2.75, 3.05) is 6.54 Å². The normalized spacial score (nSPS) is 48.5. The lowest BCUT2D eigenvalue weighted by Crippen LogP contribution is -2.94. The second-order valence-electron chi connectivity index (χ2n) is 5.04. The van der Waals surface area contributed by atoms with Crippen LogP contribution >= 0.6 is 0 Å². The number of nitrogens with two attached hydrogens (primary N) is 1. The summed E-state index contributed by atoms with van der Waals surface area (Å²) in [5.74, 6) is 3.05. The molecule has 1 saturated carbocycles. The third-order valence-electron chi connectivity index (χ3n) is 4.04. The average Bonchev–Trinajstić information content (AvgIpc) is 2.04. The molecule has 1 aliphatic heterocycles. The molecule has 1 heterocycles. The molecule has 0 aromatic carbocycles. The summed E-state index contributed by atoms with van der Waals surface area (Å²) in [4.78, 5) is 0. The third-order valence-corrected chi connectivity index (χ3v) is 4.04. The van der Waals surface area contributed by atoms with Crippen LogP contribution in [0.1, 0.15) is 39.5 Å². The predicted octanol–water partition coefficient (Wildman–Crippen LogP) is 1.39. The van der Waals surface area contributed by atoms with Crippen LogP contribution in [0.25, 0.3) is 0 Å². The zero-order valence-electron chi connectivity index (χ0n) is 8.42. The van der Waals surface area contributed by atoms with E-state index in [-0.39, 0.29) is 0 Å². The van der Waals surface area contributed by atoms with Crippen molar-refractivity contribution in [2.45, 2.75) is 45.6 Å². The van der Waals surface area contributed by atoms with E-state index in [1.54, 1.807) is 0 Å². The standard InChI is InChI=1S/C11H21N/c1-8-3-4-10-9(2)5-6-12-11(10)7-8/h8-12H,3-7H2,1-2H3/p+1/t8-,9-,10-,11-/m0/s1. The first-order valence-corrected chi connectivity index (χ1v) is 5.60. The van der Waals surface area contributed by atoms with Gasteiger partial charge in [0.05, 0.1) is 12.6 Å². The Balaban J connectivity index is 1.99. The summed E-state index contributed by atoms with van der Waals surface area (Å²) in [6, 6.07) is 0.984. The van der Waals surface area contributed by atoms with Gasteiger partial charge in [0.15, 0.2) is 0 Å². The molecule has 12 heavy (non-hydrogen) atoms. The van der Waals surface area contributed by atoms with Crippen LogP contribution in [-0.2, 0) is 0 Å². The highest BCUT2D eigenvalue weighted by atomic mass is 14.9. The predicted molar refractivity (Wildman–Crippen MR) is 50.9 cm³/mol. The first kappa shape index (κ1) is 8.55. The molecule has 2 fully saturated rings. The topological polar surface area (TPSA) is 16.6 Å². The highest BCUT2D eigenvalue weighted by Crippen LogP contribution is 2.34. The molecule has 0 spiro atoms. The Hall–Kier alpha value is -0.0400. The SMILES string of the molecule is C[C@H]1CC[C@@H]2[C@H](C1)[NH2+]CC[C@@H]2C. The Morgan fingerprint density at radius 1 is 1.08 bits per heavy atom. The fourth-order valence-electron chi connectivity index (χ4n) is 3.21. The lowest BCUT2D eigenvalue weighted by molar-refractivity contribution is -0.710. The minimum atomic E-state index is 0.984. The number of piperidine rings is 1. The van der Waals surface area contributed by atoms with Gasteiger partial charge in [0.25, 0.3) is 0 Å². The number of hydrogen-bond donors (Lipinski definition) is 1. The van der Waals surface area contributed by atoms with Gasteiger partial charge >= 0.3 is 0 Å². The molecule has 1 heteroatoms. The molecule has 2 N–H and O–H groups in total. The molecule has 1 saturated heterocycles. The zero-order chi connectivity index (χ0) is 8.55. The summed E-state index contributed by atoms with van der Waals surface area (Å²) in [6.07, 6.45) is 5.92. The second-order valence-corrected chi connectivity index (χ2v) is 5.04. The molecular weight excluding hydrogens is 146 g/mol. The van der Waals surface area contributed by atoms with E-state index in [4.69, 9.17) is 0 Å². The van der Waals surface area contributed by atoms with E-state index < -0.39 is 0 Å². The van der Waals surface area contributed by atoms with Gasteiger partial charge < -0.3 is 5.32 Å². The maximum absolute atomic E-state index is 2.61. The minimum absolute atomic E-state index is 0.984. The van der Waals surface area contributed by atoms with Gasteiger partial charge in [0, 0.05) is 12.3 Å². The highest BCUT2D eigenvalue weighted by Gasteiger charge is 2.37. The molecule has 0 unspecified atom stereocenters. The number of rotatable bonds is 0. The summed E-state index contributed by atoms with van der Waals surface area (Å²) >= 11 is 0. The Morgan fingerprint density at radius 2 is 1.92 bits per heavy atom. The van der Waals surface area contributed by atoms with E-state index in [2.05, 4.69) is 19.2 Å². The first-order chi connectivity index (χ1) is 5.77. The first-order valence-electron chi connectivity index (χ1n) is 5.60. The van der Waals surface area contributed by atoms with Crippen LogP contribution < -0.4 is 5.32 Å². The van der Waals surface area contributed by atoms with Crippen molar-refractivity contribution in [1.82, 2.24) is 0 Å². The maximum atomic E-state index is 2.61. The van der Waals surface area contributed by atoms with Crippen LogP contribution in [0.15, 0.2) is 0 Å². The summed E-state index contributed by atoms with van der Waals surface area (Å²) < 4.78 is 0. The van der Waals surface area contributed by atoms with Gasteiger partial charge in [-0.25, -0.2) is 0 Å². The van der Waals surface area contributed by atoms with Crippen LogP contribution in [0.5, 0.6) is 0 Å². The van der Waals surface area contributed by atoms with Gasteiger partial charge in [-0.05, 0) is 31.1 Å². The lowest BCUT2D eigenvalue weighted by atomic mass is 9.71. The quantitative estimate of drug-likeness (QED) is 0.563. The van der Waals surface area contributed by atoms with Gasteiger partial charge in [-0.2, -0.15) is 0 Å². The molecule has 0 aromatic rings. The van der Waals surface area contributed by atoms with E-state index in [9.17, 15) is 0 Å². The van der Waals surface area contributed by atoms with Crippen molar-refractivity contribution in [2.24, 2.45) is 17.8 Å². The smallest absolute Gasteiger partial charge is 0.0892 e. The Bertz CT molecular complexity index is 155. The van der Waals surface area contributed by atoms with Crippen molar-refractivity contribution >= 4 is 0 Å². The summed E-state index contributed by atoms with van der Waals surface area (Å²) in [6.45, 7) is 6.26. The molecule has 4 atom stereocenters. The van der Waals surface area contributed by atoms with Crippen molar-refractivity contribution in [3.8, 4) is 0 Å². The molecule has 1 nitrogen and oxygen atoms in total. The van der Waals surface area contributed by atoms with Gasteiger partial charge in [-0.3, -0.25) is 0 Å². The third kappa shape index (κ3) is 1.52. The van der Waals surface area contributed by atoms with Crippen LogP contribution in [0.4, 0.5) is 0 Å². The highest BCUT2D eigenvalue weighted by molar-refractivity contribution is 4.82. The van der Waals surface area contributed by atoms with Crippen molar-refractivity contribution in [1.29, 1.82) is 0 Å². The molecule has 0 radical (unpaired) electrons. The molecule has 1 aliphatic carbocycles. The molecule has 0 aromatic heterocycles. The van der Waals surface area contributed by atoms with E-state index in [0.29, 0.717) is 0 Å². The van der Waals surface area contributed by atoms with Crippen LogP contribution in [-0.4, -0.2) is 12.6 Å². The van der Waals surface area contributed by atoms with Gasteiger partial charge in [-0.15, -0.1) is 0 Å². The summed E-state index contributed by atoms with van der Waals surface area (Å²) in [5, 5.41) is 2.61. The lowest BCUT2D eigenvalue weighted by Gasteiger charge is -2.39. The molecule has 70 valence electrons. The van der Waals surface area contributed by atoms with Gasteiger partial charge in [0.1, 0.15) is 0 Å². The van der Waals surface area contributed by atoms with Crippen molar-refractivity contribution in [3.63, 3.8) is 0 Å². The maximum Gasteiger partial charge on any atom is 0.0892 e. The minimum Gasteiger partial charge on any atom is -0.344 e.